The lowest BCUT2D eigenvalue weighted by Gasteiger charge is -2.15. The Kier molecular flexibility index (Phi) is 6.43. The minimum Gasteiger partial charge on any atom is -0.497 e. The van der Waals surface area contributed by atoms with Crippen LogP contribution in [-0.4, -0.2) is 33.1 Å². The molecule has 0 saturated heterocycles. The number of ether oxygens (including phenoxy) is 3. The predicted octanol–water partition coefficient (Wildman–Crippen LogP) is 2.53. The molecule has 0 aromatic heterocycles. The van der Waals surface area contributed by atoms with E-state index in [9.17, 15) is 9.59 Å². The first-order chi connectivity index (χ1) is 12.5. The molecule has 7 heteroatoms. The van der Waals surface area contributed by atoms with Gasteiger partial charge in [0, 0.05) is 11.8 Å². The molecule has 138 valence electrons. The first-order valence-corrected chi connectivity index (χ1v) is 7.96. The highest BCUT2D eigenvalue weighted by molar-refractivity contribution is 6.39. The Labute approximate surface area is 152 Å². The molecule has 1 atom stereocenters. The molecule has 0 radical (unpaired) electrons. The number of benzene rings is 2. The molecule has 0 heterocycles. The fourth-order valence-electron chi connectivity index (χ4n) is 2.34. The van der Waals surface area contributed by atoms with Gasteiger partial charge in [0.1, 0.15) is 5.75 Å². The maximum absolute atomic E-state index is 12.1. The zero-order valence-corrected chi connectivity index (χ0v) is 15.2. The van der Waals surface area contributed by atoms with E-state index in [0.717, 1.165) is 11.3 Å². The highest BCUT2D eigenvalue weighted by atomic mass is 16.5. The Morgan fingerprint density at radius 1 is 0.846 bits per heavy atom. The molecule has 26 heavy (non-hydrogen) atoms. The molecule has 0 aliphatic rings. The van der Waals surface area contributed by atoms with Crippen LogP contribution < -0.4 is 24.8 Å². The largest absolute Gasteiger partial charge is 0.497 e. The van der Waals surface area contributed by atoms with Crippen LogP contribution in [0.5, 0.6) is 17.2 Å². The molecule has 0 spiro atoms. The molecule has 0 aliphatic carbocycles. The maximum Gasteiger partial charge on any atom is 0.313 e. The second-order valence-electron chi connectivity index (χ2n) is 5.49. The van der Waals surface area contributed by atoms with Gasteiger partial charge >= 0.3 is 11.8 Å². The van der Waals surface area contributed by atoms with Crippen LogP contribution in [0.25, 0.3) is 0 Å². The number of hydrogen-bond acceptors (Lipinski definition) is 5. The number of methoxy groups -OCH3 is 3. The van der Waals surface area contributed by atoms with Gasteiger partial charge in [-0.2, -0.15) is 0 Å². The molecular formula is C19H22N2O5. The lowest BCUT2D eigenvalue weighted by Crippen LogP contribution is -2.36. The van der Waals surface area contributed by atoms with Crippen LogP contribution in [-0.2, 0) is 9.59 Å². The number of carbonyl (C=O) groups is 2. The van der Waals surface area contributed by atoms with Gasteiger partial charge in [-0.3, -0.25) is 9.59 Å². The van der Waals surface area contributed by atoms with Gasteiger partial charge in [-0.05, 0) is 36.8 Å². The zero-order valence-electron chi connectivity index (χ0n) is 15.2. The second kappa shape index (κ2) is 8.75. The molecule has 2 N–H and O–H groups in total. The molecule has 7 nitrogen and oxygen atoms in total. The summed E-state index contributed by atoms with van der Waals surface area (Å²) in [4.78, 5) is 24.2. The number of carbonyl (C=O) groups excluding carboxylic acids is 2. The van der Waals surface area contributed by atoms with Gasteiger partial charge < -0.3 is 24.8 Å². The molecule has 0 bridgehead atoms. The fourth-order valence-corrected chi connectivity index (χ4v) is 2.34. The van der Waals surface area contributed by atoms with Crippen molar-refractivity contribution in [1.82, 2.24) is 5.32 Å². The summed E-state index contributed by atoms with van der Waals surface area (Å²) >= 11 is 0. The fraction of sp³-hybridized carbons (Fsp3) is 0.263. The van der Waals surface area contributed by atoms with Crippen LogP contribution in [0.1, 0.15) is 18.5 Å². The van der Waals surface area contributed by atoms with E-state index in [2.05, 4.69) is 10.6 Å². The predicted molar refractivity (Wildman–Crippen MR) is 97.7 cm³/mol. The van der Waals surface area contributed by atoms with E-state index < -0.39 is 11.8 Å². The highest BCUT2D eigenvalue weighted by Gasteiger charge is 2.18. The van der Waals surface area contributed by atoms with Gasteiger partial charge in [-0.1, -0.05) is 12.1 Å². The summed E-state index contributed by atoms with van der Waals surface area (Å²) in [6.45, 7) is 1.80. The molecule has 0 unspecified atom stereocenters. The molecule has 2 aromatic carbocycles. The van der Waals surface area contributed by atoms with E-state index in [1.54, 1.807) is 44.4 Å². The van der Waals surface area contributed by atoms with Crippen molar-refractivity contribution in [3.8, 4) is 17.2 Å². The van der Waals surface area contributed by atoms with Crippen molar-refractivity contribution in [2.75, 3.05) is 26.6 Å². The Morgan fingerprint density at radius 2 is 1.50 bits per heavy atom. The summed E-state index contributed by atoms with van der Waals surface area (Å²) in [6, 6.07) is 11.8. The third-order valence-electron chi connectivity index (χ3n) is 3.81. The minimum atomic E-state index is -0.766. The van der Waals surface area contributed by atoms with Gasteiger partial charge in [0.15, 0.2) is 11.5 Å². The molecule has 0 saturated carbocycles. The topological polar surface area (TPSA) is 85.9 Å². The van der Waals surface area contributed by atoms with Crippen LogP contribution in [0.15, 0.2) is 42.5 Å². The number of nitrogens with one attached hydrogen (secondary N) is 2. The molecule has 2 amide bonds. The van der Waals surface area contributed by atoms with Crippen LogP contribution in [0, 0.1) is 0 Å². The van der Waals surface area contributed by atoms with Crippen molar-refractivity contribution in [2.24, 2.45) is 0 Å². The monoisotopic (exact) mass is 358 g/mol. The average molecular weight is 358 g/mol. The Bertz CT molecular complexity index is 774. The summed E-state index contributed by atoms with van der Waals surface area (Å²) in [7, 11) is 4.59. The van der Waals surface area contributed by atoms with Crippen molar-refractivity contribution in [1.29, 1.82) is 0 Å². The van der Waals surface area contributed by atoms with E-state index >= 15 is 0 Å². The van der Waals surface area contributed by atoms with Crippen molar-refractivity contribution >= 4 is 17.5 Å². The summed E-state index contributed by atoms with van der Waals surface area (Å²) in [5.41, 5.74) is 1.29. The van der Waals surface area contributed by atoms with Crippen molar-refractivity contribution in [3.05, 3.63) is 48.0 Å². The average Bonchev–Trinajstić information content (AvgIpc) is 2.67. The molecular weight excluding hydrogens is 336 g/mol. The standard InChI is InChI=1S/C19H22N2O5/c1-12(13-5-8-15(24-2)9-6-13)20-18(22)19(23)21-14-7-10-16(25-3)17(11-14)26-4/h5-12H,1-4H3,(H,20,22)(H,21,23)/t12-/m0/s1. The number of hydrogen-bond donors (Lipinski definition) is 2. The van der Waals surface area contributed by atoms with Crippen molar-refractivity contribution in [2.45, 2.75) is 13.0 Å². The van der Waals surface area contributed by atoms with Gasteiger partial charge in [-0.15, -0.1) is 0 Å². The molecule has 0 aliphatic heterocycles. The first kappa shape index (κ1) is 19.1. The number of anilines is 1. The van der Waals surface area contributed by atoms with E-state index in [1.165, 1.54) is 14.2 Å². The first-order valence-electron chi connectivity index (χ1n) is 7.96. The Balaban J connectivity index is 1.99. The lowest BCUT2D eigenvalue weighted by atomic mass is 10.1. The molecule has 2 rings (SSSR count). The second-order valence-corrected chi connectivity index (χ2v) is 5.49. The SMILES string of the molecule is COc1ccc([C@H](C)NC(=O)C(=O)Nc2ccc(OC)c(OC)c2)cc1. The van der Waals surface area contributed by atoms with E-state index in [-0.39, 0.29) is 6.04 Å². The molecule has 0 fully saturated rings. The van der Waals surface area contributed by atoms with Gasteiger partial charge in [0.25, 0.3) is 0 Å². The summed E-state index contributed by atoms with van der Waals surface area (Å²) in [5, 5.41) is 5.19. The zero-order chi connectivity index (χ0) is 19.1. The van der Waals surface area contributed by atoms with Crippen LogP contribution in [0.4, 0.5) is 5.69 Å². The lowest BCUT2D eigenvalue weighted by molar-refractivity contribution is -0.136. The molecule has 2 aromatic rings. The smallest absolute Gasteiger partial charge is 0.313 e. The van der Waals surface area contributed by atoms with E-state index in [4.69, 9.17) is 14.2 Å². The normalized spacial score (nSPS) is 11.2. The van der Waals surface area contributed by atoms with Crippen LogP contribution in [0.2, 0.25) is 0 Å². The summed E-state index contributed by atoms with van der Waals surface area (Å²) in [6.07, 6.45) is 0. The van der Waals surface area contributed by atoms with Crippen LogP contribution >= 0.6 is 0 Å². The van der Waals surface area contributed by atoms with Crippen molar-refractivity contribution < 1.29 is 23.8 Å². The third kappa shape index (κ3) is 4.66. The quantitative estimate of drug-likeness (QED) is 0.775. The Hall–Kier alpha value is -3.22. The van der Waals surface area contributed by atoms with E-state index in [1.807, 2.05) is 12.1 Å². The van der Waals surface area contributed by atoms with E-state index in [0.29, 0.717) is 17.2 Å². The number of amides is 2. The third-order valence-corrected chi connectivity index (χ3v) is 3.81. The maximum atomic E-state index is 12.1. The van der Waals surface area contributed by atoms with Crippen molar-refractivity contribution in [3.63, 3.8) is 0 Å². The van der Waals surface area contributed by atoms with Crippen LogP contribution in [0.3, 0.4) is 0 Å². The van der Waals surface area contributed by atoms with Gasteiger partial charge in [0.05, 0.1) is 27.4 Å². The minimum absolute atomic E-state index is 0.329. The summed E-state index contributed by atoms with van der Waals surface area (Å²) < 4.78 is 15.4. The van der Waals surface area contributed by atoms with Gasteiger partial charge in [0.2, 0.25) is 0 Å². The Morgan fingerprint density at radius 3 is 2.08 bits per heavy atom. The summed E-state index contributed by atoms with van der Waals surface area (Å²) in [5.74, 6) is 0.208. The highest BCUT2D eigenvalue weighted by Crippen LogP contribution is 2.29. The number of rotatable bonds is 6. The van der Waals surface area contributed by atoms with Gasteiger partial charge in [-0.25, -0.2) is 0 Å².